The number of nitrogens with zero attached hydrogens (tertiary/aromatic N) is 3. The lowest BCUT2D eigenvalue weighted by Gasteiger charge is -2.26. The Labute approximate surface area is 98.5 Å². The highest BCUT2D eigenvalue weighted by molar-refractivity contribution is 5.93. The van der Waals surface area contributed by atoms with Crippen molar-refractivity contribution >= 4 is 17.7 Å². The SMILES string of the molecule is COC(=O)c1cnc(N2CCOCC2)nc1N. The fourth-order valence-electron chi connectivity index (χ4n) is 1.57. The number of nitrogens with two attached hydrogens (primary N) is 1. The minimum Gasteiger partial charge on any atom is -0.465 e. The summed E-state index contributed by atoms with van der Waals surface area (Å²) in [6, 6.07) is 0. The van der Waals surface area contributed by atoms with Gasteiger partial charge in [-0.15, -0.1) is 0 Å². The molecule has 1 saturated heterocycles. The molecule has 7 heteroatoms. The van der Waals surface area contributed by atoms with Gasteiger partial charge in [0.05, 0.1) is 20.3 Å². The molecule has 0 amide bonds. The molecule has 0 bridgehead atoms. The van der Waals surface area contributed by atoms with Crippen LogP contribution in [0.25, 0.3) is 0 Å². The van der Waals surface area contributed by atoms with Crippen molar-refractivity contribution in [1.29, 1.82) is 0 Å². The van der Waals surface area contributed by atoms with Crippen LogP contribution in [0.4, 0.5) is 11.8 Å². The minimum absolute atomic E-state index is 0.133. The number of esters is 1. The molecule has 0 unspecified atom stereocenters. The van der Waals surface area contributed by atoms with E-state index in [4.69, 9.17) is 10.5 Å². The standard InChI is InChI=1S/C10H14N4O3/c1-16-9(15)7-6-12-10(13-8(7)11)14-2-4-17-5-3-14/h6H,2-5H2,1H3,(H2,11,12,13). The Morgan fingerprint density at radius 2 is 2.24 bits per heavy atom. The van der Waals surface area contributed by atoms with Crippen LogP contribution >= 0.6 is 0 Å². The molecule has 1 fully saturated rings. The van der Waals surface area contributed by atoms with Gasteiger partial charge in [-0.3, -0.25) is 0 Å². The van der Waals surface area contributed by atoms with Gasteiger partial charge in [0.1, 0.15) is 11.4 Å². The summed E-state index contributed by atoms with van der Waals surface area (Å²) in [6.07, 6.45) is 1.39. The normalized spacial score (nSPS) is 15.7. The van der Waals surface area contributed by atoms with Gasteiger partial charge in [0, 0.05) is 19.3 Å². The number of hydrogen-bond donors (Lipinski definition) is 1. The molecule has 1 aromatic heterocycles. The van der Waals surface area contributed by atoms with E-state index in [1.54, 1.807) is 0 Å². The van der Waals surface area contributed by atoms with Crippen molar-refractivity contribution < 1.29 is 14.3 Å². The number of hydrogen-bond acceptors (Lipinski definition) is 7. The van der Waals surface area contributed by atoms with Crippen molar-refractivity contribution in [2.24, 2.45) is 0 Å². The first-order chi connectivity index (χ1) is 8.22. The second kappa shape index (κ2) is 4.96. The highest BCUT2D eigenvalue weighted by Gasteiger charge is 2.17. The molecule has 0 aliphatic carbocycles. The van der Waals surface area contributed by atoms with Gasteiger partial charge < -0.3 is 20.1 Å². The maximum atomic E-state index is 11.3. The summed E-state index contributed by atoms with van der Waals surface area (Å²) in [5.74, 6) is 0.114. The lowest BCUT2D eigenvalue weighted by molar-refractivity contribution is 0.0601. The molecule has 17 heavy (non-hydrogen) atoms. The van der Waals surface area contributed by atoms with Gasteiger partial charge in [-0.1, -0.05) is 0 Å². The van der Waals surface area contributed by atoms with Crippen LogP contribution in [0.5, 0.6) is 0 Å². The van der Waals surface area contributed by atoms with Crippen molar-refractivity contribution in [3.05, 3.63) is 11.8 Å². The fraction of sp³-hybridized carbons (Fsp3) is 0.500. The number of carbonyl (C=O) groups excluding carboxylic acids is 1. The van der Waals surface area contributed by atoms with E-state index in [-0.39, 0.29) is 11.4 Å². The van der Waals surface area contributed by atoms with Crippen LogP contribution in [0.15, 0.2) is 6.20 Å². The van der Waals surface area contributed by atoms with Gasteiger partial charge in [0.25, 0.3) is 0 Å². The van der Waals surface area contributed by atoms with E-state index in [2.05, 4.69) is 14.7 Å². The third-order valence-corrected chi connectivity index (χ3v) is 2.50. The predicted octanol–water partition coefficient (Wildman–Crippen LogP) is -0.318. The summed E-state index contributed by atoms with van der Waals surface area (Å²) in [4.78, 5) is 21.5. The van der Waals surface area contributed by atoms with Crippen molar-refractivity contribution in [3.63, 3.8) is 0 Å². The number of rotatable bonds is 2. The molecule has 0 aromatic carbocycles. The van der Waals surface area contributed by atoms with E-state index >= 15 is 0 Å². The molecular formula is C10H14N4O3. The second-order valence-corrected chi connectivity index (χ2v) is 3.56. The van der Waals surface area contributed by atoms with E-state index in [9.17, 15) is 4.79 Å². The van der Waals surface area contributed by atoms with Crippen molar-refractivity contribution in [2.45, 2.75) is 0 Å². The number of ether oxygens (including phenoxy) is 2. The fourth-order valence-corrected chi connectivity index (χ4v) is 1.57. The van der Waals surface area contributed by atoms with E-state index in [1.807, 2.05) is 4.90 Å². The maximum absolute atomic E-state index is 11.3. The molecule has 1 aliphatic heterocycles. The average Bonchev–Trinajstić information content (AvgIpc) is 2.39. The lowest BCUT2D eigenvalue weighted by Crippen LogP contribution is -2.37. The van der Waals surface area contributed by atoms with Gasteiger partial charge in [-0.2, -0.15) is 4.98 Å². The summed E-state index contributed by atoms with van der Waals surface area (Å²) < 4.78 is 9.80. The number of carbonyl (C=O) groups is 1. The Bertz CT molecular complexity index is 418. The van der Waals surface area contributed by atoms with E-state index in [0.717, 1.165) is 13.1 Å². The second-order valence-electron chi connectivity index (χ2n) is 3.56. The Hall–Kier alpha value is -1.89. The Morgan fingerprint density at radius 1 is 1.53 bits per heavy atom. The summed E-state index contributed by atoms with van der Waals surface area (Å²) in [7, 11) is 1.29. The van der Waals surface area contributed by atoms with Crippen molar-refractivity contribution in [1.82, 2.24) is 9.97 Å². The van der Waals surface area contributed by atoms with Crippen LogP contribution < -0.4 is 10.6 Å². The van der Waals surface area contributed by atoms with Gasteiger partial charge >= 0.3 is 5.97 Å². The molecule has 92 valence electrons. The van der Waals surface area contributed by atoms with Crippen LogP contribution in [-0.4, -0.2) is 49.4 Å². The molecule has 7 nitrogen and oxygen atoms in total. The number of nitrogen functional groups attached to an aromatic ring is 1. The molecule has 1 aromatic rings. The predicted molar refractivity (Wildman–Crippen MR) is 60.8 cm³/mol. The quantitative estimate of drug-likeness (QED) is 0.706. The highest BCUT2D eigenvalue weighted by Crippen LogP contribution is 2.15. The molecular weight excluding hydrogens is 224 g/mol. The van der Waals surface area contributed by atoms with Gasteiger partial charge in [0.15, 0.2) is 0 Å². The largest absolute Gasteiger partial charge is 0.465 e. The highest BCUT2D eigenvalue weighted by atomic mass is 16.5. The Balaban J connectivity index is 2.20. The topological polar surface area (TPSA) is 90.6 Å². The zero-order valence-corrected chi connectivity index (χ0v) is 9.55. The summed E-state index contributed by atoms with van der Waals surface area (Å²) in [6.45, 7) is 2.72. The first-order valence-corrected chi connectivity index (χ1v) is 5.26. The van der Waals surface area contributed by atoms with Gasteiger partial charge in [-0.25, -0.2) is 9.78 Å². The molecule has 0 saturated carbocycles. The van der Waals surface area contributed by atoms with Crippen LogP contribution in [0.2, 0.25) is 0 Å². The molecule has 0 atom stereocenters. The summed E-state index contributed by atoms with van der Waals surface area (Å²) in [5.41, 5.74) is 5.88. The first-order valence-electron chi connectivity index (χ1n) is 5.26. The summed E-state index contributed by atoms with van der Waals surface area (Å²) >= 11 is 0. The van der Waals surface area contributed by atoms with Gasteiger partial charge in [0.2, 0.25) is 5.95 Å². The number of aromatic nitrogens is 2. The monoisotopic (exact) mass is 238 g/mol. The average molecular weight is 238 g/mol. The number of methoxy groups -OCH3 is 1. The third-order valence-electron chi connectivity index (χ3n) is 2.50. The first kappa shape index (κ1) is 11.6. The zero-order valence-electron chi connectivity index (χ0n) is 9.55. The van der Waals surface area contributed by atoms with Crippen molar-refractivity contribution in [3.8, 4) is 0 Å². The Morgan fingerprint density at radius 3 is 2.82 bits per heavy atom. The molecule has 0 spiro atoms. The van der Waals surface area contributed by atoms with Crippen LogP contribution in [0.3, 0.4) is 0 Å². The zero-order chi connectivity index (χ0) is 12.3. The number of morpholine rings is 1. The van der Waals surface area contributed by atoms with Crippen LogP contribution in [0, 0.1) is 0 Å². The molecule has 2 rings (SSSR count). The lowest BCUT2D eigenvalue weighted by atomic mass is 10.3. The van der Waals surface area contributed by atoms with Crippen LogP contribution in [0.1, 0.15) is 10.4 Å². The minimum atomic E-state index is -0.531. The third kappa shape index (κ3) is 2.44. The summed E-state index contributed by atoms with van der Waals surface area (Å²) in [5, 5.41) is 0. The molecule has 1 aliphatic rings. The Kier molecular flexibility index (Phi) is 3.38. The van der Waals surface area contributed by atoms with E-state index < -0.39 is 5.97 Å². The van der Waals surface area contributed by atoms with E-state index in [0.29, 0.717) is 19.2 Å². The maximum Gasteiger partial charge on any atom is 0.343 e. The molecule has 2 N–H and O–H groups in total. The molecule has 2 heterocycles. The van der Waals surface area contributed by atoms with Gasteiger partial charge in [-0.05, 0) is 0 Å². The van der Waals surface area contributed by atoms with E-state index in [1.165, 1.54) is 13.3 Å². The molecule has 0 radical (unpaired) electrons. The van der Waals surface area contributed by atoms with Crippen molar-refractivity contribution in [2.75, 3.05) is 44.0 Å². The van der Waals surface area contributed by atoms with Crippen LogP contribution in [-0.2, 0) is 9.47 Å². The smallest absolute Gasteiger partial charge is 0.343 e. The number of anilines is 2.